The number of carbonyl (C=O) groups is 3. The first-order valence-electron chi connectivity index (χ1n) is 15.5. The SMILES string of the molecule is CCNC(=O)N1CCCN(c2ccc(C(=O)NCCc3ccc(Cl)cc3Cl)cc2CC(CC)C(=O)c2cccc(OC)c2)CC1. The number of nitrogens with one attached hydrogen (secondary N) is 2. The van der Waals surface area contributed by atoms with Crippen molar-refractivity contribution < 1.29 is 19.1 Å². The van der Waals surface area contributed by atoms with Crippen molar-refractivity contribution in [3.63, 3.8) is 0 Å². The fourth-order valence-corrected chi connectivity index (χ4v) is 6.16. The number of methoxy groups -OCH3 is 1. The van der Waals surface area contributed by atoms with Crippen LogP contribution in [0.1, 0.15) is 58.5 Å². The highest BCUT2D eigenvalue weighted by molar-refractivity contribution is 6.35. The highest BCUT2D eigenvalue weighted by Gasteiger charge is 2.25. The zero-order valence-corrected chi connectivity index (χ0v) is 27.7. The standard InChI is InChI=1S/C35H42Cl2N4O4/c1-4-24(33(42)26-8-6-9-30(22-26)45-3)20-28-21-27(34(43)39-15-14-25-10-12-29(36)23-31(25)37)11-13-32(28)40-16-7-17-41(19-18-40)35(44)38-5-2/h6,8-13,21-24H,4-5,7,14-20H2,1-3H3,(H,38,44)(H,39,43). The molecule has 0 spiro atoms. The number of halogens is 2. The van der Waals surface area contributed by atoms with Crippen molar-refractivity contribution in [3.05, 3.63) is 93.0 Å². The van der Waals surface area contributed by atoms with Crippen molar-refractivity contribution in [1.29, 1.82) is 0 Å². The molecule has 10 heteroatoms. The second-order valence-corrected chi connectivity index (χ2v) is 12.0. The van der Waals surface area contributed by atoms with Gasteiger partial charge in [-0.25, -0.2) is 4.79 Å². The van der Waals surface area contributed by atoms with Crippen molar-refractivity contribution in [1.82, 2.24) is 15.5 Å². The molecule has 240 valence electrons. The molecule has 3 amide bonds. The van der Waals surface area contributed by atoms with E-state index >= 15 is 0 Å². The largest absolute Gasteiger partial charge is 0.497 e. The average molecular weight is 654 g/mol. The van der Waals surface area contributed by atoms with Gasteiger partial charge in [0.15, 0.2) is 5.78 Å². The van der Waals surface area contributed by atoms with E-state index in [1.807, 2.05) is 61.2 Å². The second-order valence-electron chi connectivity index (χ2n) is 11.2. The van der Waals surface area contributed by atoms with Crippen LogP contribution >= 0.6 is 23.2 Å². The number of nitrogens with zero attached hydrogens (tertiary/aromatic N) is 2. The lowest BCUT2D eigenvalue weighted by Crippen LogP contribution is -2.42. The molecule has 0 aromatic heterocycles. The minimum Gasteiger partial charge on any atom is -0.497 e. The van der Waals surface area contributed by atoms with Crippen LogP contribution in [0.2, 0.25) is 10.0 Å². The summed E-state index contributed by atoms with van der Waals surface area (Å²) in [6, 6.07) is 18.2. The molecule has 3 aromatic carbocycles. The molecule has 4 rings (SSSR count). The van der Waals surface area contributed by atoms with Gasteiger partial charge in [-0.15, -0.1) is 0 Å². The molecular formula is C35H42Cl2N4O4. The maximum absolute atomic E-state index is 13.7. The molecule has 0 saturated carbocycles. The van der Waals surface area contributed by atoms with E-state index < -0.39 is 0 Å². The van der Waals surface area contributed by atoms with Gasteiger partial charge in [0.25, 0.3) is 5.91 Å². The molecule has 2 N–H and O–H groups in total. The van der Waals surface area contributed by atoms with Crippen LogP contribution in [0.4, 0.5) is 10.5 Å². The topological polar surface area (TPSA) is 91.0 Å². The summed E-state index contributed by atoms with van der Waals surface area (Å²) in [4.78, 5) is 43.6. The lowest BCUT2D eigenvalue weighted by Gasteiger charge is -2.27. The first kappa shape index (κ1) is 34.1. The van der Waals surface area contributed by atoms with E-state index in [0.29, 0.717) is 78.9 Å². The summed E-state index contributed by atoms with van der Waals surface area (Å²) in [5.41, 5.74) is 3.94. The van der Waals surface area contributed by atoms with Crippen LogP contribution in [-0.2, 0) is 12.8 Å². The molecule has 1 fully saturated rings. The molecule has 1 heterocycles. The highest BCUT2D eigenvalue weighted by atomic mass is 35.5. The minimum atomic E-state index is -0.292. The Balaban J connectivity index is 1.57. The zero-order valence-electron chi connectivity index (χ0n) is 26.2. The molecule has 1 aliphatic heterocycles. The number of carbonyl (C=O) groups excluding carboxylic acids is 3. The number of hydrogen-bond acceptors (Lipinski definition) is 5. The lowest BCUT2D eigenvalue weighted by molar-refractivity contribution is 0.0915. The van der Waals surface area contributed by atoms with E-state index in [0.717, 1.165) is 29.8 Å². The van der Waals surface area contributed by atoms with Gasteiger partial charge < -0.3 is 25.2 Å². The smallest absolute Gasteiger partial charge is 0.317 e. The predicted molar refractivity (Wildman–Crippen MR) is 181 cm³/mol. The Morgan fingerprint density at radius 3 is 2.44 bits per heavy atom. The Hall–Kier alpha value is -3.75. The summed E-state index contributed by atoms with van der Waals surface area (Å²) >= 11 is 12.3. The number of anilines is 1. The maximum atomic E-state index is 13.7. The zero-order chi connectivity index (χ0) is 32.3. The summed E-state index contributed by atoms with van der Waals surface area (Å²) in [6.45, 7) is 7.58. The number of urea groups is 1. The number of ketones is 1. The quantitative estimate of drug-likeness (QED) is 0.213. The van der Waals surface area contributed by atoms with Gasteiger partial charge in [0.05, 0.1) is 7.11 Å². The predicted octanol–water partition coefficient (Wildman–Crippen LogP) is 6.67. The monoisotopic (exact) mass is 652 g/mol. The molecule has 0 aliphatic carbocycles. The molecule has 1 atom stereocenters. The van der Waals surface area contributed by atoms with Gasteiger partial charge in [0.1, 0.15) is 5.75 Å². The Labute approximate surface area is 276 Å². The Morgan fingerprint density at radius 2 is 1.71 bits per heavy atom. The normalized spacial score (nSPS) is 14.0. The summed E-state index contributed by atoms with van der Waals surface area (Å²) in [5, 5.41) is 7.04. The first-order chi connectivity index (χ1) is 21.7. The third-order valence-electron chi connectivity index (χ3n) is 8.17. The van der Waals surface area contributed by atoms with Gasteiger partial charge in [-0.05, 0) is 86.2 Å². The van der Waals surface area contributed by atoms with Crippen LogP contribution in [0.25, 0.3) is 0 Å². The van der Waals surface area contributed by atoms with Crippen LogP contribution < -0.4 is 20.3 Å². The lowest BCUT2D eigenvalue weighted by atomic mass is 9.87. The molecule has 1 aliphatic rings. The van der Waals surface area contributed by atoms with E-state index in [-0.39, 0.29) is 23.6 Å². The van der Waals surface area contributed by atoms with Crippen molar-refractivity contribution >= 4 is 46.6 Å². The van der Waals surface area contributed by atoms with Crippen LogP contribution in [0.3, 0.4) is 0 Å². The number of ether oxygens (including phenoxy) is 1. The van der Waals surface area contributed by atoms with E-state index in [4.69, 9.17) is 27.9 Å². The number of hydrogen-bond donors (Lipinski definition) is 2. The van der Waals surface area contributed by atoms with Gasteiger partial charge in [-0.3, -0.25) is 9.59 Å². The van der Waals surface area contributed by atoms with E-state index in [1.54, 1.807) is 25.3 Å². The third kappa shape index (κ3) is 9.14. The van der Waals surface area contributed by atoms with Crippen LogP contribution in [0.15, 0.2) is 60.7 Å². The van der Waals surface area contributed by atoms with E-state index in [1.165, 1.54) is 0 Å². The fraction of sp³-hybridized carbons (Fsp3) is 0.400. The Morgan fingerprint density at radius 1 is 0.889 bits per heavy atom. The van der Waals surface area contributed by atoms with Crippen molar-refractivity contribution in [3.8, 4) is 5.75 Å². The molecular weight excluding hydrogens is 611 g/mol. The Kier molecular flexibility index (Phi) is 12.5. The van der Waals surface area contributed by atoms with Crippen molar-refractivity contribution in [2.45, 2.75) is 39.5 Å². The van der Waals surface area contributed by atoms with Crippen LogP contribution in [0.5, 0.6) is 5.75 Å². The average Bonchev–Trinajstić information content (AvgIpc) is 3.31. The molecule has 1 unspecified atom stereocenters. The van der Waals surface area contributed by atoms with E-state index in [2.05, 4.69) is 15.5 Å². The van der Waals surface area contributed by atoms with E-state index in [9.17, 15) is 14.4 Å². The third-order valence-corrected chi connectivity index (χ3v) is 8.76. The Bertz CT molecular complexity index is 1500. The number of rotatable bonds is 12. The summed E-state index contributed by atoms with van der Waals surface area (Å²) in [7, 11) is 1.59. The second kappa shape index (κ2) is 16.5. The van der Waals surface area contributed by atoms with Crippen LogP contribution in [0, 0.1) is 5.92 Å². The molecule has 8 nitrogen and oxygen atoms in total. The maximum Gasteiger partial charge on any atom is 0.317 e. The summed E-state index contributed by atoms with van der Waals surface area (Å²) < 4.78 is 5.35. The van der Waals surface area contributed by atoms with Gasteiger partial charge >= 0.3 is 6.03 Å². The molecule has 0 radical (unpaired) electrons. The van der Waals surface area contributed by atoms with Gasteiger partial charge in [-0.2, -0.15) is 0 Å². The highest BCUT2D eigenvalue weighted by Crippen LogP contribution is 2.29. The van der Waals surface area contributed by atoms with Crippen molar-refractivity contribution in [2.24, 2.45) is 5.92 Å². The number of benzene rings is 3. The van der Waals surface area contributed by atoms with Crippen molar-refractivity contribution in [2.75, 3.05) is 51.3 Å². The first-order valence-corrected chi connectivity index (χ1v) is 16.3. The molecule has 1 saturated heterocycles. The summed E-state index contributed by atoms with van der Waals surface area (Å²) in [6.07, 6.45) is 2.49. The minimum absolute atomic E-state index is 0.0373. The molecule has 3 aromatic rings. The summed E-state index contributed by atoms with van der Waals surface area (Å²) in [5.74, 6) is 0.185. The number of amides is 3. The molecule has 45 heavy (non-hydrogen) atoms. The number of Topliss-reactive ketones (excluding diaryl/α,β-unsaturated/α-hetero) is 1. The van der Waals surface area contributed by atoms with Gasteiger partial charge in [0, 0.05) is 72.0 Å². The van der Waals surface area contributed by atoms with Gasteiger partial charge in [-0.1, -0.05) is 48.3 Å². The fourth-order valence-electron chi connectivity index (χ4n) is 5.66. The molecule has 0 bridgehead atoms. The van der Waals surface area contributed by atoms with Crippen LogP contribution in [-0.4, -0.2) is 69.0 Å². The van der Waals surface area contributed by atoms with Gasteiger partial charge in [0.2, 0.25) is 0 Å².